The maximum absolute atomic E-state index is 12.6. The zero-order chi connectivity index (χ0) is 20.7. The lowest BCUT2D eigenvalue weighted by Crippen LogP contribution is -2.24. The predicted molar refractivity (Wildman–Crippen MR) is 104 cm³/mol. The highest BCUT2D eigenvalue weighted by molar-refractivity contribution is 5.78. The summed E-state index contributed by atoms with van der Waals surface area (Å²) in [6.45, 7) is 0.603. The SMILES string of the molecule is O=C(Cc1cccc(OCc2ccccc2)c1)NCc1ccc(C(F)(F)F)cc1. The zero-order valence-electron chi connectivity index (χ0n) is 15.6. The quantitative estimate of drug-likeness (QED) is 0.597. The highest BCUT2D eigenvalue weighted by atomic mass is 19.4. The van der Waals surface area contributed by atoms with Crippen LogP contribution < -0.4 is 10.1 Å². The van der Waals surface area contributed by atoms with Crippen LogP contribution in [0.3, 0.4) is 0 Å². The van der Waals surface area contributed by atoms with E-state index in [1.165, 1.54) is 12.1 Å². The molecular weight excluding hydrogens is 379 g/mol. The molecule has 0 atom stereocenters. The molecule has 0 aliphatic carbocycles. The monoisotopic (exact) mass is 399 g/mol. The van der Waals surface area contributed by atoms with Crippen LogP contribution in [0.25, 0.3) is 0 Å². The van der Waals surface area contributed by atoms with Gasteiger partial charge in [-0.2, -0.15) is 13.2 Å². The Morgan fingerprint density at radius 1 is 0.828 bits per heavy atom. The molecule has 29 heavy (non-hydrogen) atoms. The van der Waals surface area contributed by atoms with E-state index in [1.54, 1.807) is 6.07 Å². The van der Waals surface area contributed by atoms with Gasteiger partial charge in [-0.3, -0.25) is 4.79 Å². The van der Waals surface area contributed by atoms with Crippen molar-refractivity contribution in [3.05, 3.63) is 101 Å². The van der Waals surface area contributed by atoms with Gasteiger partial charge in [-0.15, -0.1) is 0 Å². The number of hydrogen-bond acceptors (Lipinski definition) is 2. The molecule has 6 heteroatoms. The summed E-state index contributed by atoms with van der Waals surface area (Å²) in [7, 11) is 0. The molecule has 3 rings (SSSR count). The van der Waals surface area contributed by atoms with Gasteiger partial charge in [0.1, 0.15) is 12.4 Å². The lowest BCUT2D eigenvalue weighted by molar-refractivity contribution is -0.137. The minimum absolute atomic E-state index is 0.156. The van der Waals surface area contributed by atoms with Crippen molar-refractivity contribution in [3.63, 3.8) is 0 Å². The number of nitrogens with one attached hydrogen (secondary N) is 1. The Kier molecular flexibility index (Phi) is 6.54. The molecule has 0 bridgehead atoms. The van der Waals surface area contributed by atoms with E-state index < -0.39 is 11.7 Å². The third kappa shape index (κ3) is 6.38. The molecular formula is C23H20F3NO2. The Balaban J connectivity index is 1.50. The van der Waals surface area contributed by atoms with Crippen LogP contribution in [0.15, 0.2) is 78.9 Å². The van der Waals surface area contributed by atoms with Crippen molar-refractivity contribution in [2.75, 3.05) is 0 Å². The predicted octanol–water partition coefficient (Wildman–Crippen LogP) is 5.14. The van der Waals surface area contributed by atoms with Gasteiger partial charge in [-0.1, -0.05) is 54.6 Å². The van der Waals surface area contributed by atoms with Crippen LogP contribution >= 0.6 is 0 Å². The molecule has 0 fully saturated rings. The first-order valence-electron chi connectivity index (χ1n) is 9.09. The summed E-state index contributed by atoms with van der Waals surface area (Å²) >= 11 is 0. The molecule has 3 aromatic carbocycles. The summed E-state index contributed by atoms with van der Waals surface area (Å²) in [5, 5.41) is 2.72. The highest BCUT2D eigenvalue weighted by Gasteiger charge is 2.29. The lowest BCUT2D eigenvalue weighted by Gasteiger charge is -2.10. The number of amides is 1. The summed E-state index contributed by atoms with van der Waals surface area (Å²) < 4.78 is 43.5. The Labute approximate surface area is 167 Å². The van der Waals surface area contributed by atoms with Crippen molar-refractivity contribution in [1.82, 2.24) is 5.32 Å². The fourth-order valence-electron chi connectivity index (χ4n) is 2.75. The van der Waals surface area contributed by atoms with Crippen molar-refractivity contribution in [2.45, 2.75) is 25.7 Å². The van der Waals surface area contributed by atoms with Crippen molar-refractivity contribution < 1.29 is 22.7 Å². The average molecular weight is 399 g/mol. The second kappa shape index (κ2) is 9.28. The van der Waals surface area contributed by atoms with E-state index in [4.69, 9.17) is 4.74 Å². The normalized spacial score (nSPS) is 11.1. The van der Waals surface area contributed by atoms with Gasteiger partial charge in [0.25, 0.3) is 0 Å². The number of ether oxygens (including phenoxy) is 1. The van der Waals surface area contributed by atoms with Crippen LogP contribution in [0.2, 0.25) is 0 Å². The summed E-state index contributed by atoms with van der Waals surface area (Å²) in [6.07, 6.45) is -4.21. The number of hydrogen-bond donors (Lipinski definition) is 1. The van der Waals surface area contributed by atoms with E-state index in [2.05, 4.69) is 5.32 Å². The average Bonchev–Trinajstić information content (AvgIpc) is 2.71. The molecule has 0 saturated heterocycles. The Morgan fingerprint density at radius 2 is 1.52 bits per heavy atom. The van der Waals surface area contributed by atoms with Crippen molar-refractivity contribution in [1.29, 1.82) is 0 Å². The van der Waals surface area contributed by atoms with E-state index in [9.17, 15) is 18.0 Å². The molecule has 1 amide bonds. The van der Waals surface area contributed by atoms with Gasteiger partial charge in [-0.25, -0.2) is 0 Å². The largest absolute Gasteiger partial charge is 0.489 e. The lowest BCUT2D eigenvalue weighted by atomic mass is 10.1. The molecule has 0 spiro atoms. The third-order valence-corrected chi connectivity index (χ3v) is 4.28. The fraction of sp³-hybridized carbons (Fsp3) is 0.174. The molecule has 0 radical (unpaired) electrons. The Hall–Kier alpha value is -3.28. The van der Waals surface area contributed by atoms with Gasteiger partial charge in [0.2, 0.25) is 5.91 Å². The highest BCUT2D eigenvalue weighted by Crippen LogP contribution is 2.29. The van der Waals surface area contributed by atoms with Crippen molar-refractivity contribution in [2.24, 2.45) is 0 Å². The molecule has 1 N–H and O–H groups in total. The van der Waals surface area contributed by atoms with Crippen LogP contribution in [0, 0.1) is 0 Å². The standard InChI is InChI=1S/C23H20F3NO2/c24-23(25,26)20-11-9-17(10-12-20)15-27-22(28)14-19-7-4-8-21(13-19)29-16-18-5-2-1-3-6-18/h1-13H,14-16H2,(H,27,28). The van der Waals surface area contributed by atoms with Crippen LogP contribution in [0.5, 0.6) is 5.75 Å². The van der Waals surface area contributed by atoms with Gasteiger partial charge in [-0.05, 0) is 41.0 Å². The Morgan fingerprint density at radius 3 is 2.21 bits per heavy atom. The third-order valence-electron chi connectivity index (χ3n) is 4.28. The van der Waals surface area contributed by atoms with Crippen LogP contribution in [-0.2, 0) is 30.5 Å². The molecule has 3 nitrogen and oxygen atoms in total. The second-order valence-electron chi connectivity index (χ2n) is 6.57. The van der Waals surface area contributed by atoms with E-state index in [0.717, 1.165) is 23.3 Å². The first-order valence-corrected chi connectivity index (χ1v) is 9.09. The maximum Gasteiger partial charge on any atom is 0.416 e. The fourth-order valence-corrected chi connectivity index (χ4v) is 2.75. The van der Waals surface area contributed by atoms with Crippen LogP contribution in [-0.4, -0.2) is 5.91 Å². The smallest absolute Gasteiger partial charge is 0.416 e. The molecule has 0 saturated carbocycles. The van der Waals surface area contributed by atoms with E-state index in [-0.39, 0.29) is 18.9 Å². The first-order chi connectivity index (χ1) is 13.9. The van der Waals surface area contributed by atoms with E-state index in [1.807, 2.05) is 48.5 Å². The molecule has 150 valence electrons. The second-order valence-corrected chi connectivity index (χ2v) is 6.57. The van der Waals surface area contributed by atoms with Gasteiger partial charge < -0.3 is 10.1 Å². The number of halogens is 3. The van der Waals surface area contributed by atoms with Crippen molar-refractivity contribution >= 4 is 5.91 Å². The van der Waals surface area contributed by atoms with E-state index >= 15 is 0 Å². The molecule has 0 heterocycles. The molecule has 0 aliphatic heterocycles. The van der Waals surface area contributed by atoms with Crippen molar-refractivity contribution in [3.8, 4) is 5.75 Å². The zero-order valence-corrected chi connectivity index (χ0v) is 15.6. The number of carbonyl (C=O) groups excluding carboxylic acids is 1. The topological polar surface area (TPSA) is 38.3 Å². The summed E-state index contributed by atoms with van der Waals surface area (Å²) in [4.78, 5) is 12.2. The van der Waals surface area contributed by atoms with E-state index in [0.29, 0.717) is 17.9 Å². The van der Waals surface area contributed by atoms with Crippen LogP contribution in [0.4, 0.5) is 13.2 Å². The summed E-state index contributed by atoms with van der Waals surface area (Å²) in [5.74, 6) is 0.451. The molecule has 0 aliphatic rings. The minimum atomic E-state index is -4.37. The Bertz CT molecular complexity index is 938. The molecule has 0 unspecified atom stereocenters. The summed E-state index contributed by atoms with van der Waals surface area (Å²) in [5.41, 5.74) is 1.74. The van der Waals surface area contributed by atoms with Gasteiger partial charge in [0.05, 0.1) is 12.0 Å². The molecule has 0 aromatic heterocycles. The van der Waals surface area contributed by atoms with Gasteiger partial charge in [0, 0.05) is 6.54 Å². The number of alkyl halides is 3. The number of carbonyl (C=O) groups is 1. The molecule has 3 aromatic rings. The number of rotatable bonds is 7. The summed E-state index contributed by atoms with van der Waals surface area (Å²) in [6, 6.07) is 21.8. The van der Waals surface area contributed by atoms with Crippen LogP contribution in [0.1, 0.15) is 22.3 Å². The van der Waals surface area contributed by atoms with Gasteiger partial charge >= 0.3 is 6.18 Å². The minimum Gasteiger partial charge on any atom is -0.489 e. The van der Waals surface area contributed by atoms with Gasteiger partial charge in [0.15, 0.2) is 0 Å². The maximum atomic E-state index is 12.6. The first kappa shape index (κ1) is 20.5. The number of benzene rings is 3.